The van der Waals surface area contributed by atoms with Crippen LogP contribution >= 0.6 is 0 Å². The number of amides is 1. The van der Waals surface area contributed by atoms with Crippen molar-refractivity contribution >= 4 is 39.5 Å². The van der Waals surface area contributed by atoms with Gasteiger partial charge in [0, 0.05) is 70.9 Å². The molecule has 1 N–H and O–H groups in total. The summed E-state index contributed by atoms with van der Waals surface area (Å²) in [5.41, 5.74) is 2.31. The van der Waals surface area contributed by atoms with Crippen molar-refractivity contribution in [1.29, 1.82) is 0 Å². The third-order valence-corrected chi connectivity index (χ3v) is 12.7. The first kappa shape index (κ1) is 51.5. The van der Waals surface area contributed by atoms with Crippen LogP contribution in [0.1, 0.15) is 96.2 Å². The van der Waals surface area contributed by atoms with E-state index < -0.39 is 29.1 Å². The van der Waals surface area contributed by atoms with Crippen LogP contribution in [0.2, 0.25) is 0 Å². The monoisotopic (exact) mass is 1030 g/mol. The number of ether oxygens (including phenoxy) is 1. The van der Waals surface area contributed by atoms with E-state index in [0.29, 0.717) is 76.3 Å². The summed E-state index contributed by atoms with van der Waals surface area (Å²) in [6, 6.07) is 15.8. The molecule has 8 aromatic heterocycles. The Labute approximate surface area is 427 Å². The molecule has 0 aliphatic carbocycles. The molecule has 2 saturated heterocycles. The first-order chi connectivity index (χ1) is 35.2. The molecule has 2 aliphatic rings. The lowest BCUT2D eigenvalue weighted by molar-refractivity contribution is 0.0184. The van der Waals surface area contributed by atoms with Gasteiger partial charge in [-0.3, -0.25) is 19.3 Å². The van der Waals surface area contributed by atoms with Crippen LogP contribution in [0.3, 0.4) is 0 Å². The number of carbonyl (C=O) groups excluding carboxylic acids is 1. The minimum absolute atomic E-state index is 0. The number of hydrogen-bond donors (Lipinski definition) is 1. The molecule has 24 heteroatoms. The highest BCUT2D eigenvalue weighted by molar-refractivity contribution is 5.80. The van der Waals surface area contributed by atoms with E-state index in [9.17, 15) is 4.79 Å². The van der Waals surface area contributed by atoms with Gasteiger partial charge >= 0.3 is 17.9 Å². The number of carbonyl (C=O) groups is 1. The first-order valence-electron chi connectivity index (χ1n) is 23.6. The number of fused-ring (bicyclic) bond motifs is 4. The zero-order valence-corrected chi connectivity index (χ0v) is 39.6. The zero-order valence-electron chi connectivity index (χ0n) is 39.6. The van der Waals surface area contributed by atoms with E-state index >= 15 is 17.6 Å². The van der Waals surface area contributed by atoms with Crippen molar-refractivity contribution in [3.63, 3.8) is 0 Å². The van der Waals surface area contributed by atoms with E-state index in [1.165, 1.54) is 36.7 Å². The predicted octanol–water partition coefficient (Wildman–Crippen LogP) is 8.91. The topological polar surface area (TPSA) is 215 Å². The van der Waals surface area contributed by atoms with Crippen molar-refractivity contribution < 1.29 is 27.1 Å². The molecule has 0 saturated carbocycles. The average molecular weight is 1030 g/mol. The standard InChI is InChI=1S/C27H27F2N9O2.C22H19F2N9.2CH4/c1-26(2,3)40-25(39)36-11-8-20(9-12-36)37-16-18(14-32-37)22-15-31-24-34-33-23(38(24)35-22)27(28,29)19-6-7-21-17(13-19)5-4-10-30-21;23-22(24,16-3-4-18-14(10-16)2-1-7-26-18)20-29-30-21-27-12-19(31-33(20)21)15-11-28-32(13-15)17-5-8-25-9-6-17;;/h4-7,10,13-16,20H,8-9,11-12H2,1-3H3;1-4,7,10-13,17,25H,5-6,8-9H2;2*1H4. The second-order valence-electron chi connectivity index (χ2n) is 18.8. The summed E-state index contributed by atoms with van der Waals surface area (Å²) in [4.78, 5) is 30.8. The fraction of sp³-hybridized carbons (Fsp3) is 0.353. The molecular formula is C51H54F4N18O2. The van der Waals surface area contributed by atoms with Gasteiger partial charge in [0.15, 0.2) is 0 Å². The summed E-state index contributed by atoms with van der Waals surface area (Å²) in [5, 5.41) is 37.3. The van der Waals surface area contributed by atoms with Gasteiger partial charge in [-0.25, -0.2) is 14.8 Å². The molecule has 0 spiro atoms. The van der Waals surface area contributed by atoms with Gasteiger partial charge in [-0.2, -0.15) is 47.0 Å². The van der Waals surface area contributed by atoms with Gasteiger partial charge in [-0.15, -0.1) is 20.4 Å². The molecule has 10 heterocycles. The Hall–Kier alpha value is -8.41. The maximum Gasteiger partial charge on any atom is 0.410 e. The number of nitrogens with zero attached hydrogens (tertiary/aromatic N) is 17. The third-order valence-electron chi connectivity index (χ3n) is 12.7. The molecule has 2 aromatic carbocycles. The molecule has 0 radical (unpaired) electrons. The second kappa shape index (κ2) is 20.5. The molecule has 0 atom stereocenters. The van der Waals surface area contributed by atoms with E-state index in [1.807, 2.05) is 42.5 Å². The van der Waals surface area contributed by atoms with Crippen molar-refractivity contribution in [3.8, 4) is 22.5 Å². The summed E-state index contributed by atoms with van der Waals surface area (Å²) < 4.78 is 73.6. The fourth-order valence-electron chi connectivity index (χ4n) is 8.90. The van der Waals surface area contributed by atoms with Gasteiger partial charge in [0.25, 0.3) is 11.6 Å². The molecule has 1 amide bonds. The lowest BCUT2D eigenvalue weighted by Crippen LogP contribution is -2.42. The van der Waals surface area contributed by atoms with Crippen LogP contribution in [0.15, 0.2) is 110 Å². The van der Waals surface area contributed by atoms with E-state index in [0.717, 1.165) is 35.0 Å². The van der Waals surface area contributed by atoms with Crippen LogP contribution in [-0.2, 0) is 16.6 Å². The summed E-state index contributed by atoms with van der Waals surface area (Å²) in [6.07, 6.45) is 16.2. The average Bonchev–Trinajstić information content (AvgIpc) is 4.25. The van der Waals surface area contributed by atoms with Crippen molar-refractivity contribution in [1.82, 2.24) is 89.3 Å². The normalized spacial score (nSPS) is 14.9. The number of rotatable bonds is 8. The fourth-order valence-corrected chi connectivity index (χ4v) is 8.90. The largest absolute Gasteiger partial charge is 0.444 e. The van der Waals surface area contributed by atoms with Crippen LogP contribution in [0.25, 0.3) is 55.9 Å². The van der Waals surface area contributed by atoms with Gasteiger partial charge < -0.3 is 15.0 Å². The first-order valence-corrected chi connectivity index (χ1v) is 23.6. The third kappa shape index (κ3) is 10.3. The Bertz CT molecular complexity index is 3630. The number of benzene rings is 2. The molecule has 20 nitrogen and oxygen atoms in total. The summed E-state index contributed by atoms with van der Waals surface area (Å²) in [7, 11) is 0. The number of halogens is 4. The molecule has 0 unspecified atom stereocenters. The van der Waals surface area contributed by atoms with Crippen molar-refractivity contribution in [3.05, 3.63) is 133 Å². The molecule has 12 rings (SSSR count). The van der Waals surface area contributed by atoms with Gasteiger partial charge in [-0.05, 0) is 95.9 Å². The van der Waals surface area contributed by atoms with Gasteiger partial charge in [-0.1, -0.05) is 39.1 Å². The van der Waals surface area contributed by atoms with Crippen LogP contribution < -0.4 is 5.32 Å². The number of pyridine rings is 2. The Morgan fingerprint density at radius 2 is 1.08 bits per heavy atom. The van der Waals surface area contributed by atoms with Gasteiger partial charge in [0.05, 0.1) is 47.9 Å². The SMILES string of the molecule is C.C.CC(C)(C)OC(=O)N1CCC(n2cc(-c3cnc4nnc(C(F)(F)c5ccc6ncccc6c5)n4n3)cn2)CC1.FC(F)(c1ccc2ncccc2c1)c1nnc2ncc(-c3cnn(C4CCNCC4)c3)nn12. The molecule has 75 heavy (non-hydrogen) atoms. The highest BCUT2D eigenvalue weighted by Gasteiger charge is 2.42. The molecule has 0 bridgehead atoms. The van der Waals surface area contributed by atoms with Crippen molar-refractivity contribution in [2.45, 2.75) is 90.8 Å². The maximum absolute atomic E-state index is 15.7. The second-order valence-corrected chi connectivity index (χ2v) is 18.8. The van der Waals surface area contributed by atoms with Crippen LogP contribution in [0.5, 0.6) is 0 Å². The maximum atomic E-state index is 15.7. The highest BCUT2D eigenvalue weighted by atomic mass is 19.3. The van der Waals surface area contributed by atoms with E-state index in [2.05, 4.69) is 66.0 Å². The molecule has 2 aliphatic heterocycles. The number of likely N-dealkylation sites (tertiary alicyclic amines) is 1. The summed E-state index contributed by atoms with van der Waals surface area (Å²) >= 11 is 0. The Balaban J connectivity index is 0.000000182. The number of nitrogens with one attached hydrogen (secondary N) is 1. The van der Waals surface area contributed by atoms with Crippen LogP contribution in [-0.4, -0.2) is 122 Å². The molecule has 2 fully saturated rings. The Morgan fingerprint density at radius 3 is 1.55 bits per heavy atom. The van der Waals surface area contributed by atoms with Crippen molar-refractivity contribution in [2.75, 3.05) is 26.2 Å². The smallest absolute Gasteiger partial charge is 0.410 e. The highest BCUT2D eigenvalue weighted by Crippen LogP contribution is 2.38. The predicted molar refractivity (Wildman–Crippen MR) is 270 cm³/mol. The van der Waals surface area contributed by atoms with Gasteiger partial charge in [0.2, 0.25) is 11.6 Å². The van der Waals surface area contributed by atoms with Crippen LogP contribution in [0.4, 0.5) is 22.4 Å². The van der Waals surface area contributed by atoms with Crippen LogP contribution in [0, 0.1) is 0 Å². The quantitative estimate of drug-likeness (QED) is 0.141. The van der Waals surface area contributed by atoms with E-state index in [-0.39, 0.29) is 49.7 Å². The molecule has 10 aromatic rings. The summed E-state index contributed by atoms with van der Waals surface area (Å²) in [6.45, 7) is 8.50. The van der Waals surface area contributed by atoms with Crippen molar-refractivity contribution in [2.24, 2.45) is 0 Å². The molecular weight excluding hydrogens is 973 g/mol. The lowest BCUT2D eigenvalue weighted by Gasteiger charge is -2.33. The lowest BCUT2D eigenvalue weighted by atomic mass is 10.0. The summed E-state index contributed by atoms with van der Waals surface area (Å²) in [5.74, 6) is -8.19. The molecule has 388 valence electrons. The Morgan fingerprint density at radius 1 is 0.613 bits per heavy atom. The number of alkyl halides is 4. The zero-order chi connectivity index (χ0) is 50.5. The Kier molecular flexibility index (Phi) is 14.1. The van der Waals surface area contributed by atoms with E-state index in [4.69, 9.17) is 4.74 Å². The minimum atomic E-state index is -3.48. The number of hydrogen-bond acceptors (Lipinski definition) is 15. The van der Waals surface area contributed by atoms with Gasteiger partial charge in [0.1, 0.15) is 17.0 Å². The minimum Gasteiger partial charge on any atom is -0.444 e. The number of aromatic nitrogens is 16. The number of piperidine rings is 2. The van der Waals surface area contributed by atoms with E-state index in [1.54, 1.807) is 66.1 Å².